The molecule has 3 aromatic rings. The third-order valence-corrected chi connectivity index (χ3v) is 5.92. The van der Waals surface area contributed by atoms with Gasteiger partial charge in [-0.3, -0.25) is 0 Å². The lowest BCUT2D eigenvalue weighted by atomic mass is 9.67. The SMILES string of the molecule is FC(F)(F)Oc1cccc(C(Cc2ccccc2)(CC2CC2)c2cccc(OC(F)(F)F)c2)c1. The minimum atomic E-state index is -4.86. The standard InChI is InChI=1S/C26H22F6O2/c27-25(28,29)33-22-10-4-8-20(14-22)24(17-19-12-13-19,16-18-6-2-1-3-7-18)21-9-5-11-23(15-21)34-26(30,31)32/h1-11,14-15,19H,12-13,16-17H2. The van der Waals surface area contributed by atoms with Gasteiger partial charge in [-0.1, -0.05) is 67.4 Å². The van der Waals surface area contributed by atoms with Gasteiger partial charge in [-0.2, -0.15) is 0 Å². The molecule has 0 atom stereocenters. The molecule has 34 heavy (non-hydrogen) atoms. The first kappa shape index (κ1) is 24.0. The summed E-state index contributed by atoms with van der Waals surface area (Å²) in [5, 5.41) is 0. The molecular weight excluding hydrogens is 458 g/mol. The number of hydrogen-bond acceptors (Lipinski definition) is 2. The number of halogens is 6. The van der Waals surface area contributed by atoms with Gasteiger partial charge in [-0.05, 0) is 59.7 Å². The molecule has 1 aliphatic carbocycles. The van der Waals surface area contributed by atoms with Crippen molar-refractivity contribution in [1.82, 2.24) is 0 Å². The number of rotatable bonds is 8. The van der Waals surface area contributed by atoms with Gasteiger partial charge in [0.15, 0.2) is 0 Å². The van der Waals surface area contributed by atoms with E-state index in [-0.39, 0.29) is 11.5 Å². The quantitative estimate of drug-likeness (QED) is 0.306. The summed E-state index contributed by atoms with van der Waals surface area (Å²) in [6, 6.07) is 20.8. The number of hydrogen-bond donors (Lipinski definition) is 0. The summed E-state index contributed by atoms with van der Waals surface area (Å²) in [6.07, 6.45) is -6.88. The van der Waals surface area contributed by atoms with Crippen molar-refractivity contribution >= 4 is 0 Å². The molecule has 0 unspecified atom stereocenters. The normalized spacial score (nSPS) is 14.6. The summed E-state index contributed by atoms with van der Waals surface area (Å²) < 4.78 is 85.9. The smallest absolute Gasteiger partial charge is 0.406 e. The maximum absolute atomic E-state index is 12.9. The second-order valence-electron chi connectivity index (χ2n) is 8.54. The van der Waals surface area contributed by atoms with Gasteiger partial charge in [-0.15, -0.1) is 26.3 Å². The molecule has 0 heterocycles. The Hall–Kier alpha value is -3.16. The number of ether oxygens (including phenoxy) is 2. The van der Waals surface area contributed by atoms with Gasteiger partial charge in [0.1, 0.15) is 11.5 Å². The van der Waals surface area contributed by atoms with Gasteiger partial charge in [-0.25, -0.2) is 0 Å². The molecular formula is C26H22F6O2. The van der Waals surface area contributed by atoms with Crippen molar-refractivity contribution in [3.8, 4) is 11.5 Å². The highest BCUT2D eigenvalue weighted by atomic mass is 19.4. The molecule has 1 fully saturated rings. The minimum Gasteiger partial charge on any atom is -0.406 e. The molecule has 4 rings (SSSR count). The molecule has 8 heteroatoms. The van der Waals surface area contributed by atoms with Crippen molar-refractivity contribution in [2.45, 2.75) is 43.8 Å². The summed E-state index contributed by atoms with van der Waals surface area (Å²) in [5.74, 6) is -0.440. The van der Waals surface area contributed by atoms with Crippen LogP contribution in [0.1, 0.15) is 36.0 Å². The third kappa shape index (κ3) is 6.24. The lowest BCUT2D eigenvalue weighted by molar-refractivity contribution is -0.275. The van der Waals surface area contributed by atoms with Crippen LogP contribution < -0.4 is 9.47 Å². The molecule has 2 nitrogen and oxygen atoms in total. The molecule has 0 spiro atoms. The van der Waals surface area contributed by atoms with Gasteiger partial charge in [0.05, 0.1) is 0 Å². The highest BCUT2D eigenvalue weighted by Crippen LogP contribution is 2.49. The molecule has 1 saturated carbocycles. The maximum Gasteiger partial charge on any atom is 0.573 e. The Morgan fingerprint density at radius 1 is 0.647 bits per heavy atom. The first-order valence-corrected chi connectivity index (χ1v) is 10.8. The largest absolute Gasteiger partial charge is 0.573 e. The summed E-state index contributed by atoms with van der Waals surface area (Å²) in [7, 11) is 0. The van der Waals surface area contributed by atoms with E-state index in [1.54, 1.807) is 12.1 Å². The highest BCUT2D eigenvalue weighted by Gasteiger charge is 2.41. The monoisotopic (exact) mass is 480 g/mol. The van der Waals surface area contributed by atoms with Crippen LogP contribution in [0.3, 0.4) is 0 Å². The van der Waals surface area contributed by atoms with E-state index in [4.69, 9.17) is 0 Å². The van der Waals surface area contributed by atoms with Crippen LogP contribution in [0, 0.1) is 5.92 Å². The summed E-state index contributed by atoms with van der Waals surface area (Å²) in [4.78, 5) is 0. The van der Waals surface area contributed by atoms with Crippen LogP contribution in [0.15, 0.2) is 78.9 Å². The topological polar surface area (TPSA) is 18.5 Å². The van der Waals surface area contributed by atoms with E-state index in [1.807, 2.05) is 30.3 Å². The fourth-order valence-electron chi connectivity index (χ4n) is 4.42. The molecule has 0 bridgehead atoms. The second-order valence-corrected chi connectivity index (χ2v) is 8.54. The molecule has 0 aromatic heterocycles. The van der Waals surface area contributed by atoms with Crippen LogP contribution in [0.4, 0.5) is 26.3 Å². The zero-order chi connectivity index (χ0) is 24.4. The molecule has 0 radical (unpaired) electrons. The highest BCUT2D eigenvalue weighted by molar-refractivity contribution is 5.47. The van der Waals surface area contributed by atoms with Crippen LogP contribution >= 0.6 is 0 Å². The lowest BCUT2D eigenvalue weighted by Crippen LogP contribution is -2.32. The molecule has 0 N–H and O–H groups in total. The fourth-order valence-corrected chi connectivity index (χ4v) is 4.42. The predicted octanol–water partition coefficient (Wildman–Crippen LogP) is 7.81. The molecule has 180 valence electrons. The fraction of sp³-hybridized carbons (Fsp3) is 0.308. The summed E-state index contributed by atoms with van der Waals surface area (Å²) in [6.45, 7) is 0. The summed E-state index contributed by atoms with van der Waals surface area (Å²) in [5.41, 5.74) is 1.09. The van der Waals surface area contributed by atoms with Crippen molar-refractivity contribution in [3.63, 3.8) is 0 Å². The van der Waals surface area contributed by atoms with Crippen molar-refractivity contribution in [2.24, 2.45) is 5.92 Å². The van der Waals surface area contributed by atoms with Gasteiger partial charge in [0.25, 0.3) is 0 Å². The van der Waals surface area contributed by atoms with Gasteiger partial charge >= 0.3 is 12.7 Å². The lowest BCUT2D eigenvalue weighted by Gasteiger charge is -2.36. The third-order valence-electron chi connectivity index (χ3n) is 5.92. The van der Waals surface area contributed by atoms with Crippen molar-refractivity contribution in [1.29, 1.82) is 0 Å². The average Bonchev–Trinajstić information content (AvgIpc) is 3.56. The van der Waals surface area contributed by atoms with Crippen molar-refractivity contribution in [2.75, 3.05) is 0 Å². The second kappa shape index (κ2) is 9.24. The molecule has 3 aromatic carbocycles. The van der Waals surface area contributed by atoms with E-state index < -0.39 is 18.1 Å². The molecule has 0 aliphatic heterocycles. The van der Waals surface area contributed by atoms with Crippen LogP contribution in [-0.2, 0) is 11.8 Å². The van der Waals surface area contributed by atoms with E-state index in [2.05, 4.69) is 9.47 Å². The van der Waals surface area contributed by atoms with E-state index in [0.717, 1.165) is 18.4 Å². The first-order valence-electron chi connectivity index (χ1n) is 10.8. The van der Waals surface area contributed by atoms with Crippen LogP contribution in [0.5, 0.6) is 11.5 Å². The Morgan fingerprint density at radius 3 is 1.59 bits per heavy atom. The van der Waals surface area contributed by atoms with Gasteiger partial charge < -0.3 is 9.47 Å². The number of alkyl halides is 6. The van der Waals surface area contributed by atoms with Crippen molar-refractivity contribution < 1.29 is 35.8 Å². The Balaban J connectivity index is 1.86. The Morgan fingerprint density at radius 2 is 1.15 bits per heavy atom. The molecule has 0 saturated heterocycles. The minimum absolute atomic E-state index is 0.308. The predicted molar refractivity (Wildman–Crippen MR) is 115 cm³/mol. The van der Waals surface area contributed by atoms with Crippen LogP contribution in [0.25, 0.3) is 0 Å². The Bertz CT molecular complexity index is 1040. The molecule has 1 aliphatic rings. The maximum atomic E-state index is 12.9. The van der Waals surface area contributed by atoms with E-state index in [1.165, 1.54) is 36.4 Å². The van der Waals surface area contributed by atoms with E-state index in [0.29, 0.717) is 29.9 Å². The Labute approximate surface area is 193 Å². The van der Waals surface area contributed by atoms with Crippen molar-refractivity contribution in [3.05, 3.63) is 95.6 Å². The van der Waals surface area contributed by atoms with E-state index in [9.17, 15) is 26.3 Å². The van der Waals surface area contributed by atoms with Gasteiger partial charge in [0, 0.05) is 5.41 Å². The van der Waals surface area contributed by atoms with Crippen LogP contribution in [-0.4, -0.2) is 12.7 Å². The molecule has 0 amide bonds. The number of benzene rings is 3. The van der Waals surface area contributed by atoms with Crippen LogP contribution in [0.2, 0.25) is 0 Å². The first-order chi connectivity index (χ1) is 16.0. The zero-order valence-electron chi connectivity index (χ0n) is 18.0. The zero-order valence-corrected chi connectivity index (χ0v) is 18.0. The Kier molecular flexibility index (Phi) is 6.51. The van der Waals surface area contributed by atoms with Gasteiger partial charge in [0.2, 0.25) is 0 Å². The average molecular weight is 480 g/mol. The summed E-state index contributed by atoms with van der Waals surface area (Å²) >= 11 is 0. The van der Waals surface area contributed by atoms with E-state index >= 15 is 0 Å².